The molecule has 0 spiro atoms. The highest BCUT2D eigenvalue weighted by Gasteiger charge is 2.36. The number of methoxy groups -OCH3 is 1. The second-order valence-electron chi connectivity index (χ2n) is 5.79. The number of hydrogen-bond donors (Lipinski definition) is 1. The fourth-order valence-electron chi connectivity index (χ4n) is 2.79. The average molecular weight is 285 g/mol. The van der Waals surface area contributed by atoms with E-state index < -0.39 is 5.60 Å². The van der Waals surface area contributed by atoms with Crippen LogP contribution in [-0.2, 0) is 9.53 Å². The average Bonchev–Trinajstić information content (AvgIpc) is 2.51. The van der Waals surface area contributed by atoms with Crippen molar-refractivity contribution in [1.82, 2.24) is 9.80 Å². The Hall–Kier alpha value is -0.650. The van der Waals surface area contributed by atoms with Crippen LogP contribution < -0.4 is 5.73 Å². The summed E-state index contributed by atoms with van der Waals surface area (Å²) in [5.41, 5.74) is 5.17. The summed E-state index contributed by atoms with van der Waals surface area (Å²) in [5, 5.41) is 0. The van der Waals surface area contributed by atoms with Crippen molar-refractivity contribution in [3.8, 4) is 0 Å². The van der Waals surface area contributed by atoms with Crippen LogP contribution in [0.25, 0.3) is 0 Å². The van der Waals surface area contributed by atoms with Crippen LogP contribution >= 0.6 is 0 Å². The Morgan fingerprint density at radius 3 is 2.30 bits per heavy atom. The van der Waals surface area contributed by atoms with Crippen molar-refractivity contribution in [2.45, 2.75) is 51.7 Å². The van der Waals surface area contributed by atoms with Crippen LogP contribution in [0, 0.1) is 0 Å². The SMILES string of the molecule is CCCC(CN)N1CCN(C(=O)C(C)(CC)OC)CC1. The van der Waals surface area contributed by atoms with Gasteiger partial charge in [0.2, 0.25) is 0 Å². The number of rotatable bonds is 7. The normalized spacial score (nSPS) is 21.6. The first-order valence-corrected chi connectivity index (χ1v) is 7.81. The topological polar surface area (TPSA) is 58.8 Å². The molecule has 2 atom stereocenters. The van der Waals surface area contributed by atoms with Crippen LogP contribution in [0.15, 0.2) is 0 Å². The molecule has 0 radical (unpaired) electrons. The van der Waals surface area contributed by atoms with Crippen LogP contribution in [0.1, 0.15) is 40.0 Å². The Labute approximate surface area is 123 Å². The summed E-state index contributed by atoms with van der Waals surface area (Å²) in [7, 11) is 1.61. The summed E-state index contributed by atoms with van der Waals surface area (Å²) in [4.78, 5) is 16.9. The Balaban J connectivity index is 2.55. The van der Waals surface area contributed by atoms with E-state index in [2.05, 4.69) is 11.8 Å². The van der Waals surface area contributed by atoms with Crippen molar-refractivity contribution >= 4 is 5.91 Å². The molecule has 2 N–H and O–H groups in total. The van der Waals surface area contributed by atoms with Gasteiger partial charge in [0.05, 0.1) is 0 Å². The van der Waals surface area contributed by atoms with Crippen molar-refractivity contribution in [1.29, 1.82) is 0 Å². The minimum absolute atomic E-state index is 0.113. The monoisotopic (exact) mass is 285 g/mol. The van der Waals surface area contributed by atoms with E-state index in [1.807, 2.05) is 18.7 Å². The predicted octanol–water partition coefficient (Wildman–Crippen LogP) is 1.07. The second kappa shape index (κ2) is 7.96. The van der Waals surface area contributed by atoms with E-state index in [9.17, 15) is 4.79 Å². The summed E-state index contributed by atoms with van der Waals surface area (Å²) in [6.07, 6.45) is 2.98. The molecule has 1 fully saturated rings. The van der Waals surface area contributed by atoms with Gasteiger partial charge in [-0.3, -0.25) is 9.69 Å². The molecule has 1 heterocycles. The number of nitrogens with two attached hydrogens (primary N) is 1. The van der Waals surface area contributed by atoms with Crippen molar-refractivity contribution in [3.05, 3.63) is 0 Å². The molecule has 1 saturated heterocycles. The number of carbonyl (C=O) groups excluding carboxylic acids is 1. The standard InChI is InChI=1S/C15H31N3O2/c1-5-7-13(12-16)17-8-10-18(11-9-17)14(19)15(3,6-2)20-4/h13H,5-12,16H2,1-4H3. The van der Waals surface area contributed by atoms with Gasteiger partial charge in [0.1, 0.15) is 5.60 Å². The zero-order valence-corrected chi connectivity index (χ0v) is 13.5. The minimum atomic E-state index is -0.682. The van der Waals surface area contributed by atoms with E-state index in [4.69, 9.17) is 10.5 Å². The number of hydrogen-bond acceptors (Lipinski definition) is 4. The van der Waals surface area contributed by atoms with Gasteiger partial charge in [-0.15, -0.1) is 0 Å². The van der Waals surface area contributed by atoms with Crippen molar-refractivity contribution in [2.24, 2.45) is 5.73 Å². The summed E-state index contributed by atoms with van der Waals surface area (Å²) in [6, 6.07) is 0.456. The molecule has 2 unspecified atom stereocenters. The van der Waals surface area contributed by atoms with E-state index in [1.165, 1.54) is 0 Å². The molecule has 20 heavy (non-hydrogen) atoms. The summed E-state index contributed by atoms with van der Waals surface area (Å²) < 4.78 is 5.41. The van der Waals surface area contributed by atoms with Crippen LogP contribution in [0.2, 0.25) is 0 Å². The van der Waals surface area contributed by atoms with Gasteiger partial charge < -0.3 is 15.4 Å². The molecule has 0 saturated carbocycles. The van der Waals surface area contributed by atoms with Crippen LogP contribution in [0.4, 0.5) is 0 Å². The molecule has 5 heteroatoms. The third-order valence-corrected chi connectivity index (χ3v) is 4.59. The van der Waals surface area contributed by atoms with Gasteiger partial charge in [0, 0.05) is 45.9 Å². The molecule has 5 nitrogen and oxygen atoms in total. The van der Waals surface area contributed by atoms with E-state index in [0.29, 0.717) is 19.0 Å². The maximum atomic E-state index is 12.5. The Morgan fingerprint density at radius 1 is 1.30 bits per heavy atom. The fourth-order valence-corrected chi connectivity index (χ4v) is 2.79. The molecular formula is C15H31N3O2. The van der Waals surface area contributed by atoms with Gasteiger partial charge in [-0.1, -0.05) is 20.3 Å². The van der Waals surface area contributed by atoms with Gasteiger partial charge in [-0.2, -0.15) is 0 Å². The summed E-state index contributed by atoms with van der Waals surface area (Å²) >= 11 is 0. The Bertz CT molecular complexity index is 297. The quantitative estimate of drug-likeness (QED) is 0.760. The van der Waals surface area contributed by atoms with E-state index in [-0.39, 0.29) is 5.91 Å². The van der Waals surface area contributed by atoms with Crippen molar-refractivity contribution < 1.29 is 9.53 Å². The van der Waals surface area contributed by atoms with Crippen LogP contribution in [0.3, 0.4) is 0 Å². The lowest BCUT2D eigenvalue weighted by Crippen LogP contribution is -2.57. The fraction of sp³-hybridized carbons (Fsp3) is 0.933. The van der Waals surface area contributed by atoms with Crippen LogP contribution in [-0.4, -0.2) is 67.2 Å². The molecule has 0 bridgehead atoms. The van der Waals surface area contributed by atoms with Gasteiger partial charge >= 0.3 is 0 Å². The first-order valence-electron chi connectivity index (χ1n) is 7.81. The maximum absolute atomic E-state index is 12.5. The largest absolute Gasteiger partial charge is 0.369 e. The first kappa shape index (κ1) is 17.4. The number of amides is 1. The molecule has 0 aliphatic carbocycles. The Morgan fingerprint density at radius 2 is 1.90 bits per heavy atom. The number of piperazine rings is 1. The second-order valence-corrected chi connectivity index (χ2v) is 5.79. The molecule has 118 valence electrons. The molecule has 0 aromatic heterocycles. The Kier molecular flexibility index (Phi) is 6.92. The highest BCUT2D eigenvalue weighted by atomic mass is 16.5. The molecule has 0 aromatic rings. The molecule has 1 rings (SSSR count). The molecular weight excluding hydrogens is 254 g/mol. The van der Waals surface area contributed by atoms with E-state index in [0.717, 1.165) is 39.0 Å². The lowest BCUT2D eigenvalue weighted by molar-refractivity contribution is -0.155. The lowest BCUT2D eigenvalue weighted by atomic mass is 10.0. The number of nitrogens with zero attached hydrogens (tertiary/aromatic N) is 2. The first-order chi connectivity index (χ1) is 9.52. The lowest BCUT2D eigenvalue weighted by Gasteiger charge is -2.41. The van der Waals surface area contributed by atoms with Crippen molar-refractivity contribution in [2.75, 3.05) is 39.8 Å². The molecule has 0 aromatic carbocycles. The maximum Gasteiger partial charge on any atom is 0.254 e. The zero-order chi connectivity index (χ0) is 15.2. The summed E-state index contributed by atoms with van der Waals surface area (Å²) in [6.45, 7) is 10.1. The molecule has 1 aliphatic rings. The minimum Gasteiger partial charge on any atom is -0.369 e. The van der Waals surface area contributed by atoms with E-state index >= 15 is 0 Å². The third kappa shape index (κ3) is 3.93. The molecule has 1 aliphatic heterocycles. The van der Waals surface area contributed by atoms with Crippen molar-refractivity contribution in [3.63, 3.8) is 0 Å². The summed E-state index contributed by atoms with van der Waals surface area (Å²) in [5.74, 6) is 0.113. The highest BCUT2D eigenvalue weighted by Crippen LogP contribution is 2.19. The van der Waals surface area contributed by atoms with Gasteiger partial charge in [0.25, 0.3) is 5.91 Å². The smallest absolute Gasteiger partial charge is 0.254 e. The van der Waals surface area contributed by atoms with Gasteiger partial charge in [-0.05, 0) is 19.8 Å². The zero-order valence-electron chi connectivity index (χ0n) is 13.5. The highest BCUT2D eigenvalue weighted by molar-refractivity contribution is 5.84. The van der Waals surface area contributed by atoms with Gasteiger partial charge in [0.15, 0.2) is 0 Å². The molecule has 1 amide bonds. The number of ether oxygens (including phenoxy) is 1. The number of carbonyl (C=O) groups is 1. The predicted molar refractivity (Wildman–Crippen MR) is 81.6 cm³/mol. The van der Waals surface area contributed by atoms with Gasteiger partial charge in [-0.25, -0.2) is 0 Å². The van der Waals surface area contributed by atoms with E-state index in [1.54, 1.807) is 7.11 Å². The third-order valence-electron chi connectivity index (χ3n) is 4.59. The van der Waals surface area contributed by atoms with Crippen LogP contribution in [0.5, 0.6) is 0 Å².